The predicted octanol–water partition coefficient (Wildman–Crippen LogP) is 3.71. The number of amides is 1. The average Bonchev–Trinajstić information content (AvgIpc) is 2.97. The summed E-state index contributed by atoms with van der Waals surface area (Å²) in [6.45, 7) is 2.99. The lowest BCUT2D eigenvalue weighted by atomic mass is 9.77. The number of methoxy groups -OCH3 is 1. The standard InChI is InChI=1S/C20H24F5NO4/c1-10-14(12-4-5-13(21)15(22)16(12)28-3)17(30-19(10,2)20(23,24)25)18(27)26-11-6-8-29-9-7-11/h4-5,10-11,14,17H,6-9H2,1-3H3,(H,26,27)/t10-,14-,17+,19+/m0/s1. The highest BCUT2D eigenvalue weighted by Crippen LogP contribution is 2.54. The van der Waals surface area contributed by atoms with E-state index in [1.54, 1.807) is 0 Å². The molecule has 1 aromatic carbocycles. The van der Waals surface area contributed by atoms with Crippen LogP contribution in [0.5, 0.6) is 5.75 Å². The molecule has 0 aromatic heterocycles. The van der Waals surface area contributed by atoms with Gasteiger partial charge in [-0.2, -0.15) is 17.6 Å². The zero-order valence-electron chi connectivity index (χ0n) is 16.8. The number of carbonyl (C=O) groups is 1. The van der Waals surface area contributed by atoms with Crippen molar-refractivity contribution in [2.75, 3.05) is 20.3 Å². The predicted molar refractivity (Wildman–Crippen MR) is 96.1 cm³/mol. The Morgan fingerprint density at radius 1 is 1.23 bits per heavy atom. The number of benzene rings is 1. The third-order valence-electron chi connectivity index (χ3n) is 6.14. The molecule has 0 saturated carbocycles. The minimum atomic E-state index is -4.79. The van der Waals surface area contributed by atoms with Crippen molar-refractivity contribution >= 4 is 5.91 Å². The Labute approximate surface area is 170 Å². The Hall–Kier alpha value is -1.94. The summed E-state index contributed by atoms with van der Waals surface area (Å²) in [6.07, 6.45) is -5.31. The van der Waals surface area contributed by atoms with Gasteiger partial charge in [0.25, 0.3) is 0 Å². The van der Waals surface area contributed by atoms with Crippen molar-refractivity contribution in [2.24, 2.45) is 5.92 Å². The number of rotatable bonds is 4. The maximum absolute atomic E-state index is 14.3. The second kappa shape index (κ2) is 8.30. The topological polar surface area (TPSA) is 56.8 Å². The third-order valence-corrected chi connectivity index (χ3v) is 6.14. The van der Waals surface area contributed by atoms with Gasteiger partial charge in [-0.3, -0.25) is 4.79 Å². The van der Waals surface area contributed by atoms with Crippen molar-refractivity contribution in [3.05, 3.63) is 29.3 Å². The van der Waals surface area contributed by atoms with Crippen LogP contribution in [0.4, 0.5) is 22.0 Å². The van der Waals surface area contributed by atoms with Crippen molar-refractivity contribution < 1.29 is 41.0 Å². The van der Waals surface area contributed by atoms with Crippen LogP contribution in [0.1, 0.15) is 38.2 Å². The largest absolute Gasteiger partial charge is 0.493 e. The maximum Gasteiger partial charge on any atom is 0.417 e. The zero-order valence-corrected chi connectivity index (χ0v) is 16.8. The van der Waals surface area contributed by atoms with Gasteiger partial charge in [0.15, 0.2) is 17.2 Å². The first-order valence-corrected chi connectivity index (χ1v) is 9.65. The lowest BCUT2D eigenvalue weighted by Gasteiger charge is -2.32. The van der Waals surface area contributed by atoms with Crippen LogP contribution in [0.3, 0.4) is 0 Å². The average molecular weight is 437 g/mol. The zero-order chi connectivity index (χ0) is 22.3. The lowest BCUT2D eigenvalue weighted by molar-refractivity contribution is -0.272. The minimum absolute atomic E-state index is 0.0518. The van der Waals surface area contributed by atoms with Crippen LogP contribution in [-0.4, -0.2) is 50.2 Å². The quantitative estimate of drug-likeness (QED) is 0.730. The van der Waals surface area contributed by atoms with E-state index in [4.69, 9.17) is 14.2 Å². The van der Waals surface area contributed by atoms with E-state index in [9.17, 15) is 26.7 Å². The molecule has 2 aliphatic rings. The Morgan fingerprint density at radius 2 is 1.87 bits per heavy atom. The molecule has 1 aromatic rings. The first-order chi connectivity index (χ1) is 14.0. The van der Waals surface area contributed by atoms with E-state index < -0.39 is 53.0 Å². The van der Waals surface area contributed by atoms with Crippen LogP contribution in [0.15, 0.2) is 12.1 Å². The fourth-order valence-corrected chi connectivity index (χ4v) is 4.17. The summed E-state index contributed by atoms with van der Waals surface area (Å²) in [7, 11) is 1.09. The SMILES string of the molecule is COc1c([C@H]2[C@H](C(=O)NC3CCOCC3)O[C@@](C)(C(F)(F)F)[C@H]2C)ccc(F)c1F. The smallest absolute Gasteiger partial charge is 0.417 e. The Bertz CT molecular complexity index is 796. The van der Waals surface area contributed by atoms with Gasteiger partial charge in [0.1, 0.15) is 6.10 Å². The van der Waals surface area contributed by atoms with E-state index >= 15 is 0 Å². The Balaban J connectivity index is 2.02. The number of ether oxygens (including phenoxy) is 3. The summed E-state index contributed by atoms with van der Waals surface area (Å²) < 4.78 is 85.1. The molecule has 1 N–H and O–H groups in total. The maximum atomic E-state index is 14.3. The second-order valence-electron chi connectivity index (χ2n) is 7.84. The highest BCUT2D eigenvalue weighted by Gasteiger charge is 2.66. The van der Waals surface area contributed by atoms with Crippen LogP contribution >= 0.6 is 0 Å². The van der Waals surface area contributed by atoms with Gasteiger partial charge in [0.05, 0.1) is 7.11 Å². The van der Waals surface area contributed by atoms with E-state index in [-0.39, 0.29) is 11.6 Å². The molecule has 168 valence electrons. The number of halogens is 5. The molecule has 4 atom stereocenters. The Morgan fingerprint density at radius 3 is 2.43 bits per heavy atom. The fraction of sp³-hybridized carbons (Fsp3) is 0.650. The van der Waals surface area contributed by atoms with Crippen molar-refractivity contribution in [3.63, 3.8) is 0 Å². The number of alkyl halides is 3. The first kappa shape index (κ1) is 22.7. The van der Waals surface area contributed by atoms with Crippen LogP contribution in [0.25, 0.3) is 0 Å². The van der Waals surface area contributed by atoms with E-state index in [0.29, 0.717) is 26.1 Å². The first-order valence-electron chi connectivity index (χ1n) is 9.65. The van der Waals surface area contributed by atoms with Crippen LogP contribution in [0, 0.1) is 17.6 Å². The highest BCUT2D eigenvalue weighted by atomic mass is 19.4. The van der Waals surface area contributed by atoms with Gasteiger partial charge in [-0.25, -0.2) is 4.39 Å². The molecule has 0 bridgehead atoms. The van der Waals surface area contributed by atoms with E-state index in [0.717, 1.165) is 26.2 Å². The summed E-state index contributed by atoms with van der Waals surface area (Å²) in [5.74, 6) is -6.29. The normalized spacial score (nSPS) is 30.3. The third kappa shape index (κ3) is 3.87. The molecule has 1 amide bonds. The van der Waals surface area contributed by atoms with Gasteiger partial charge in [0, 0.05) is 36.7 Å². The van der Waals surface area contributed by atoms with Crippen LogP contribution in [0.2, 0.25) is 0 Å². The van der Waals surface area contributed by atoms with Crippen molar-refractivity contribution in [1.82, 2.24) is 5.32 Å². The van der Waals surface area contributed by atoms with Crippen LogP contribution < -0.4 is 10.1 Å². The van der Waals surface area contributed by atoms with Crippen LogP contribution in [-0.2, 0) is 14.3 Å². The van der Waals surface area contributed by atoms with Crippen molar-refractivity contribution in [2.45, 2.75) is 56.5 Å². The molecular formula is C20H24F5NO4. The molecule has 30 heavy (non-hydrogen) atoms. The van der Waals surface area contributed by atoms with Gasteiger partial charge >= 0.3 is 6.18 Å². The Kier molecular flexibility index (Phi) is 6.29. The number of nitrogens with one attached hydrogen (secondary N) is 1. The monoisotopic (exact) mass is 437 g/mol. The number of hydrogen-bond donors (Lipinski definition) is 1. The lowest BCUT2D eigenvalue weighted by Crippen LogP contribution is -2.48. The summed E-state index contributed by atoms with van der Waals surface area (Å²) in [5, 5.41) is 2.71. The summed E-state index contributed by atoms with van der Waals surface area (Å²) in [5.41, 5.74) is -2.71. The molecule has 5 nitrogen and oxygen atoms in total. The molecule has 0 radical (unpaired) electrons. The number of hydrogen-bond acceptors (Lipinski definition) is 4. The van der Waals surface area contributed by atoms with Gasteiger partial charge in [-0.15, -0.1) is 0 Å². The molecule has 3 rings (SSSR count). The van der Waals surface area contributed by atoms with E-state index in [1.165, 1.54) is 6.92 Å². The molecule has 2 aliphatic heterocycles. The van der Waals surface area contributed by atoms with Gasteiger partial charge in [-0.05, 0) is 25.8 Å². The molecule has 0 aliphatic carbocycles. The molecule has 2 heterocycles. The molecule has 2 saturated heterocycles. The summed E-state index contributed by atoms with van der Waals surface area (Å²) in [6, 6.07) is 1.67. The summed E-state index contributed by atoms with van der Waals surface area (Å²) >= 11 is 0. The molecule has 0 spiro atoms. The number of carbonyl (C=O) groups excluding carboxylic acids is 1. The van der Waals surface area contributed by atoms with Gasteiger partial charge < -0.3 is 19.5 Å². The van der Waals surface area contributed by atoms with Crippen molar-refractivity contribution in [3.8, 4) is 5.75 Å². The van der Waals surface area contributed by atoms with Crippen molar-refractivity contribution in [1.29, 1.82) is 0 Å². The minimum Gasteiger partial charge on any atom is -0.493 e. The summed E-state index contributed by atoms with van der Waals surface area (Å²) in [4.78, 5) is 13.0. The van der Waals surface area contributed by atoms with Gasteiger partial charge in [-0.1, -0.05) is 13.0 Å². The van der Waals surface area contributed by atoms with Gasteiger partial charge in [0.2, 0.25) is 11.7 Å². The van der Waals surface area contributed by atoms with E-state index in [1.807, 2.05) is 0 Å². The molecule has 2 fully saturated rings. The van der Waals surface area contributed by atoms with E-state index in [2.05, 4.69) is 5.32 Å². The molecule has 10 heteroatoms. The fourth-order valence-electron chi connectivity index (χ4n) is 4.17. The highest BCUT2D eigenvalue weighted by molar-refractivity contribution is 5.83. The second-order valence-corrected chi connectivity index (χ2v) is 7.84. The molecular weight excluding hydrogens is 413 g/mol. The molecule has 0 unspecified atom stereocenters.